The molecule has 2 atom stereocenters. The summed E-state index contributed by atoms with van der Waals surface area (Å²) in [7, 11) is 4.02. The standard InChI is InChI=1S/C23H38N4O2/c1-6-26-13-10-20(28)19(16-26)27-14-11-23(12-15-27,25(4)5)22(29)24-21-17(2)8-7-9-18(21)3/h7-9,19-20,28H,6,10-16H2,1-5H3,(H,24,29)/t19-,20-/m1/s1. The second-order valence-electron chi connectivity index (χ2n) is 9.00. The Morgan fingerprint density at radius 1 is 1.21 bits per heavy atom. The van der Waals surface area contributed by atoms with Gasteiger partial charge in [0.2, 0.25) is 5.91 Å². The first-order valence-corrected chi connectivity index (χ1v) is 11.0. The molecule has 2 heterocycles. The summed E-state index contributed by atoms with van der Waals surface area (Å²) in [6, 6.07) is 6.27. The molecule has 29 heavy (non-hydrogen) atoms. The molecular weight excluding hydrogens is 364 g/mol. The number of aryl methyl sites for hydroxylation is 2. The second kappa shape index (κ2) is 9.13. The number of hydrogen-bond acceptors (Lipinski definition) is 5. The largest absolute Gasteiger partial charge is 0.391 e. The van der Waals surface area contributed by atoms with E-state index in [1.807, 2.05) is 46.1 Å². The molecule has 0 spiro atoms. The number of benzene rings is 1. The van der Waals surface area contributed by atoms with Crippen LogP contribution in [-0.2, 0) is 4.79 Å². The molecule has 2 aliphatic rings. The van der Waals surface area contributed by atoms with Crippen molar-refractivity contribution in [2.75, 3.05) is 52.1 Å². The van der Waals surface area contributed by atoms with Gasteiger partial charge >= 0.3 is 0 Å². The van der Waals surface area contributed by atoms with Crippen molar-refractivity contribution in [3.63, 3.8) is 0 Å². The van der Waals surface area contributed by atoms with Gasteiger partial charge in [-0.1, -0.05) is 25.1 Å². The van der Waals surface area contributed by atoms with Crippen LogP contribution >= 0.6 is 0 Å². The van der Waals surface area contributed by atoms with Crippen molar-refractivity contribution >= 4 is 11.6 Å². The predicted molar refractivity (Wildman–Crippen MR) is 118 cm³/mol. The maximum atomic E-state index is 13.5. The van der Waals surface area contributed by atoms with Crippen LogP contribution in [0.2, 0.25) is 0 Å². The number of nitrogens with zero attached hydrogens (tertiary/aromatic N) is 3. The molecular formula is C23H38N4O2. The highest BCUT2D eigenvalue weighted by atomic mass is 16.3. The van der Waals surface area contributed by atoms with E-state index in [2.05, 4.69) is 26.9 Å². The third kappa shape index (κ3) is 4.50. The molecule has 1 aromatic carbocycles. The first-order valence-electron chi connectivity index (χ1n) is 11.0. The molecule has 0 bridgehead atoms. The number of piperidine rings is 2. The summed E-state index contributed by atoms with van der Waals surface area (Å²) in [5.41, 5.74) is 2.60. The Morgan fingerprint density at radius 2 is 1.83 bits per heavy atom. The molecule has 2 saturated heterocycles. The smallest absolute Gasteiger partial charge is 0.244 e. The number of likely N-dealkylation sites (tertiary alicyclic amines) is 2. The molecule has 0 radical (unpaired) electrons. The van der Waals surface area contributed by atoms with Crippen molar-refractivity contribution in [2.45, 2.75) is 57.7 Å². The Morgan fingerprint density at radius 3 is 2.38 bits per heavy atom. The Hall–Kier alpha value is -1.47. The molecule has 6 heteroatoms. The lowest BCUT2D eigenvalue weighted by molar-refractivity contribution is -0.131. The number of aliphatic hydroxyl groups is 1. The summed E-state index contributed by atoms with van der Waals surface area (Å²) < 4.78 is 0. The molecule has 162 valence electrons. The van der Waals surface area contributed by atoms with Gasteiger partial charge in [0.1, 0.15) is 5.54 Å². The van der Waals surface area contributed by atoms with Crippen molar-refractivity contribution in [3.05, 3.63) is 29.3 Å². The molecule has 0 aliphatic carbocycles. The lowest BCUT2D eigenvalue weighted by Crippen LogP contribution is -2.63. The molecule has 1 amide bonds. The van der Waals surface area contributed by atoms with Crippen LogP contribution < -0.4 is 5.32 Å². The number of carbonyl (C=O) groups is 1. The van der Waals surface area contributed by atoms with Gasteiger partial charge in [-0.05, 0) is 64.9 Å². The molecule has 0 unspecified atom stereocenters. The Kier molecular flexibility index (Phi) is 6.99. The highest BCUT2D eigenvalue weighted by Gasteiger charge is 2.45. The summed E-state index contributed by atoms with van der Waals surface area (Å²) in [5, 5.41) is 13.8. The SMILES string of the molecule is CCN1CC[C@@H](O)[C@H](N2CCC(C(=O)Nc3c(C)cccc3C)(N(C)C)CC2)C1. The van der Waals surface area contributed by atoms with E-state index in [1.165, 1.54) is 0 Å². The fourth-order valence-electron chi connectivity index (χ4n) is 4.98. The monoisotopic (exact) mass is 402 g/mol. The number of carbonyl (C=O) groups excluding carboxylic acids is 1. The zero-order chi connectivity index (χ0) is 21.2. The van der Waals surface area contributed by atoms with E-state index >= 15 is 0 Å². The quantitative estimate of drug-likeness (QED) is 0.790. The number of para-hydroxylation sites is 1. The van der Waals surface area contributed by atoms with Crippen molar-refractivity contribution in [3.8, 4) is 0 Å². The van der Waals surface area contributed by atoms with Crippen LogP contribution in [0.4, 0.5) is 5.69 Å². The molecule has 3 rings (SSSR count). The van der Waals surface area contributed by atoms with Crippen molar-refractivity contribution in [1.82, 2.24) is 14.7 Å². The first-order chi connectivity index (χ1) is 13.8. The fourth-order valence-corrected chi connectivity index (χ4v) is 4.98. The van der Waals surface area contributed by atoms with Crippen LogP contribution in [0.15, 0.2) is 18.2 Å². The average Bonchev–Trinajstić information content (AvgIpc) is 2.71. The van der Waals surface area contributed by atoms with Crippen LogP contribution in [0.25, 0.3) is 0 Å². The Bertz CT molecular complexity index is 693. The summed E-state index contributed by atoms with van der Waals surface area (Å²) >= 11 is 0. The number of likely N-dealkylation sites (N-methyl/N-ethyl adjacent to an activating group) is 2. The molecule has 1 aromatic rings. The van der Waals surface area contributed by atoms with Gasteiger partial charge < -0.3 is 15.3 Å². The van der Waals surface area contributed by atoms with Gasteiger partial charge in [0.05, 0.1) is 6.10 Å². The second-order valence-corrected chi connectivity index (χ2v) is 9.00. The van der Waals surface area contributed by atoms with Gasteiger partial charge in [-0.25, -0.2) is 0 Å². The third-order valence-corrected chi connectivity index (χ3v) is 7.17. The van der Waals surface area contributed by atoms with E-state index in [0.717, 1.165) is 68.8 Å². The van der Waals surface area contributed by atoms with E-state index in [9.17, 15) is 9.90 Å². The van der Waals surface area contributed by atoms with Crippen LogP contribution in [0.5, 0.6) is 0 Å². The minimum Gasteiger partial charge on any atom is -0.391 e. The van der Waals surface area contributed by atoms with E-state index in [-0.39, 0.29) is 18.1 Å². The van der Waals surface area contributed by atoms with Crippen molar-refractivity contribution < 1.29 is 9.90 Å². The van der Waals surface area contributed by atoms with Crippen molar-refractivity contribution in [1.29, 1.82) is 0 Å². The van der Waals surface area contributed by atoms with E-state index < -0.39 is 5.54 Å². The topological polar surface area (TPSA) is 59.1 Å². The molecule has 2 N–H and O–H groups in total. The van der Waals surface area contributed by atoms with E-state index in [4.69, 9.17) is 0 Å². The summed E-state index contributed by atoms with van der Waals surface area (Å²) in [6.45, 7) is 10.8. The van der Waals surface area contributed by atoms with Gasteiger partial charge in [-0.3, -0.25) is 14.6 Å². The predicted octanol–water partition coefficient (Wildman–Crippen LogP) is 2.09. The van der Waals surface area contributed by atoms with E-state index in [0.29, 0.717) is 0 Å². The molecule has 2 aliphatic heterocycles. The Balaban J connectivity index is 1.72. The van der Waals surface area contributed by atoms with Crippen LogP contribution in [0.1, 0.15) is 37.3 Å². The first kappa shape index (κ1) is 22.2. The van der Waals surface area contributed by atoms with Crippen LogP contribution in [0.3, 0.4) is 0 Å². The van der Waals surface area contributed by atoms with Gasteiger partial charge in [0.15, 0.2) is 0 Å². The average molecular weight is 403 g/mol. The van der Waals surface area contributed by atoms with E-state index in [1.54, 1.807) is 0 Å². The number of amides is 1. The highest BCUT2D eigenvalue weighted by molar-refractivity contribution is 5.99. The minimum atomic E-state index is -0.519. The molecule has 6 nitrogen and oxygen atoms in total. The minimum absolute atomic E-state index is 0.0823. The number of nitrogens with one attached hydrogen (secondary N) is 1. The summed E-state index contributed by atoms with van der Waals surface area (Å²) in [6.07, 6.45) is 2.10. The molecule has 0 aromatic heterocycles. The van der Waals surface area contributed by atoms with Gasteiger partial charge in [-0.2, -0.15) is 0 Å². The zero-order valence-electron chi connectivity index (χ0n) is 18.7. The number of rotatable bonds is 5. The number of aliphatic hydroxyl groups excluding tert-OH is 1. The van der Waals surface area contributed by atoms with Gasteiger partial charge in [0, 0.05) is 37.9 Å². The van der Waals surface area contributed by atoms with Crippen LogP contribution in [0, 0.1) is 13.8 Å². The van der Waals surface area contributed by atoms with Crippen LogP contribution in [-0.4, -0.2) is 90.2 Å². The maximum absolute atomic E-state index is 13.5. The third-order valence-electron chi connectivity index (χ3n) is 7.17. The lowest BCUT2D eigenvalue weighted by atomic mass is 9.83. The summed E-state index contributed by atoms with van der Waals surface area (Å²) in [5.74, 6) is 0.0823. The Labute approximate surface area is 175 Å². The summed E-state index contributed by atoms with van der Waals surface area (Å²) in [4.78, 5) is 20.4. The fraction of sp³-hybridized carbons (Fsp3) is 0.696. The number of anilines is 1. The lowest BCUT2D eigenvalue weighted by Gasteiger charge is -2.49. The van der Waals surface area contributed by atoms with Gasteiger partial charge in [0.25, 0.3) is 0 Å². The maximum Gasteiger partial charge on any atom is 0.244 e. The zero-order valence-corrected chi connectivity index (χ0v) is 18.7. The normalized spacial score (nSPS) is 25.9. The molecule has 0 saturated carbocycles. The highest BCUT2D eigenvalue weighted by Crippen LogP contribution is 2.32. The molecule has 2 fully saturated rings. The number of hydrogen-bond donors (Lipinski definition) is 2. The van der Waals surface area contributed by atoms with Crippen molar-refractivity contribution in [2.24, 2.45) is 0 Å². The van der Waals surface area contributed by atoms with Gasteiger partial charge in [-0.15, -0.1) is 0 Å².